The highest BCUT2D eigenvalue weighted by Crippen LogP contribution is 2.42. The van der Waals surface area contributed by atoms with Gasteiger partial charge in [-0.2, -0.15) is 5.10 Å². The Balaban J connectivity index is 1.41. The van der Waals surface area contributed by atoms with Crippen molar-refractivity contribution in [1.29, 1.82) is 0 Å². The Hall–Kier alpha value is -4.31. The zero-order chi connectivity index (χ0) is 33.6. The van der Waals surface area contributed by atoms with Gasteiger partial charge in [0.05, 0.1) is 31.6 Å². The standard InChI is InChI=1S/C39H47N3O6/c1-45-35(43)19-11-3-2-10-18-32-33(47-27-28-21-23-30(24-22-28)29-14-6-4-7-15-29)26-34(48-36-20-12-13-25-46-36)37(32)38(41-42-39(40)44)31-16-8-5-9-17-31/h2,4-10,14-17,21-24,32-34,36-37H,3,11-13,18-20,25-27H2,1H3,(H3,40,42,44)/b10-2-,41-38?/t32-,33-,34+,36?,37+/m0/s1. The third kappa shape index (κ3) is 10.1. The molecule has 3 aromatic carbocycles. The van der Waals surface area contributed by atoms with Gasteiger partial charge in [0.2, 0.25) is 0 Å². The zero-order valence-electron chi connectivity index (χ0n) is 27.7. The number of nitrogens with zero attached hydrogens (tertiary/aromatic N) is 1. The summed E-state index contributed by atoms with van der Waals surface area (Å²) in [6.07, 6.45) is 9.56. The third-order valence-corrected chi connectivity index (χ3v) is 9.02. The van der Waals surface area contributed by atoms with Crippen molar-refractivity contribution in [3.63, 3.8) is 0 Å². The molecule has 2 amide bonds. The van der Waals surface area contributed by atoms with E-state index in [-0.39, 0.29) is 36.3 Å². The molecule has 1 saturated carbocycles. The Morgan fingerprint density at radius 2 is 1.67 bits per heavy atom. The lowest BCUT2D eigenvalue weighted by atomic mass is 9.83. The molecule has 3 aromatic rings. The second-order valence-electron chi connectivity index (χ2n) is 12.3. The smallest absolute Gasteiger partial charge is 0.332 e. The number of rotatable bonds is 15. The topological polar surface area (TPSA) is 121 Å². The van der Waals surface area contributed by atoms with Crippen LogP contribution in [-0.4, -0.2) is 49.9 Å². The number of carbonyl (C=O) groups is 2. The van der Waals surface area contributed by atoms with Crippen molar-refractivity contribution in [2.24, 2.45) is 22.7 Å². The molecular weight excluding hydrogens is 606 g/mol. The van der Waals surface area contributed by atoms with Crippen molar-refractivity contribution in [3.05, 3.63) is 108 Å². The number of methoxy groups -OCH3 is 1. The average molecular weight is 654 g/mol. The summed E-state index contributed by atoms with van der Waals surface area (Å²) in [6, 6.07) is 27.9. The Labute approximate surface area is 283 Å². The minimum atomic E-state index is -0.733. The van der Waals surface area contributed by atoms with E-state index in [0.29, 0.717) is 44.6 Å². The molecule has 2 fully saturated rings. The number of unbranched alkanes of at least 4 members (excludes halogenated alkanes) is 1. The van der Waals surface area contributed by atoms with Crippen LogP contribution in [0.3, 0.4) is 0 Å². The minimum Gasteiger partial charge on any atom is -0.469 e. The molecule has 2 aliphatic rings. The van der Waals surface area contributed by atoms with Gasteiger partial charge in [-0.05, 0) is 66.7 Å². The molecular formula is C39H47N3O6. The van der Waals surface area contributed by atoms with Crippen molar-refractivity contribution >= 4 is 17.7 Å². The first kappa shape index (κ1) is 35.0. The number of benzene rings is 3. The number of primary amides is 1. The summed E-state index contributed by atoms with van der Waals surface area (Å²) < 4.78 is 24.3. The Kier molecular flexibility index (Phi) is 13.3. The van der Waals surface area contributed by atoms with Crippen LogP contribution in [0.2, 0.25) is 0 Å². The van der Waals surface area contributed by atoms with Crippen molar-refractivity contribution in [1.82, 2.24) is 5.43 Å². The van der Waals surface area contributed by atoms with E-state index in [0.717, 1.165) is 42.4 Å². The van der Waals surface area contributed by atoms with E-state index in [1.165, 1.54) is 12.7 Å². The van der Waals surface area contributed by atoms with Crippen LogP contribution < -0.4 is 11.2 Å². The highest BCUT2D eigenvalue weighted by molar-refractivity contribution is 6.03. The average Bonchev–Trinajstić information content (AvgIpc) is 3.46. The number of allylic oxidation sites excluding steroid dienone is 2. The number of hydrogen-bond acceptors (Lipinski definition) is 7. The van der Waals surface area contributed by atoms with Gasteiger partial charge in [0.1, 0.15) is 0 Å². The Morgan fingerprint density at radius 1 is 0.938 bits per heavy atom. The van der Waals surface area contributed by atoms with Crippen LogP contribution in [0, 0.1) is 11.8 Å². The molecule has 9 heteroatoms. The van der Waals surface area contributed by atoms with Gasteiger partial charge >= 0.3 is 12.0 Å². The maximum absolute atomic E-state index is 11.9. The highest BCUT2D eigenvalue weighted by atomic mass is 16.7. The molecule has 9 nitrogen and oxygen atoms in total. The van der Waals surface area contributed by atoms with E-state index in [2.05, 4.69) is 59.1 Å². The van der Waals surface area contributed by atoms with Crippen molar-refractivity contribution in [3.8, 4) is 11.1 Å². The van der Waals surface area contributed by atoms with Crippen molar-refractivity contribution < 1.29 is 28.5 Å². The van der Waals surface area contributed by atoms with Crippen LogP contribution in [0.1, 0.15) is 62.5 Å². The predicted molar refractivity (Wildman–Crippen MR) is 186 cm³/mol. The summed E-state index contributed by atoms with van der Waals surface area (Å²) in [5, 5.41) is 4.59. The maximum Gasteiger partial charge on any atom is 0.332 e. The molecule has 1 aliphatic heterocycles. The fraction of sp³-hybridized carbons (Fsp3) is 0.410. The summed E-state index contributed by atoms with van der Waals surface area (Å²) in [4.78, 5) is 23.5. The SMILES string of the molecule is COC(=O)CCC/C=C\C[C@@H]1[C@@H](C(=NNC(N)=O)c2ccccc2)[C@H](OC2CCCCO2)C[C@@H]1OCc1ccc(-c2ccccc2)cc1. The van der Waals surface area contributed by atoms with E-state index in [4.69, 9.17) is 24.7 Å². The quantitative estimate of drug-likeness (QED) is 0.0591. The maximum atomic E-state index is 11.9. The molecule has 1 aliphatic carbocycles. The molecule has 3 N–H and O–H groups in total. The molecule has 0 bridgehead atoms. The number of carbonyl (C=O) groups excluding carboxylic acids is 2. The van der Waals surface area contributed by atoms with E-state index in [1.54, 1.807) is 0 Å². The van der Waals surface area contributed by atoms with Gasteiger partial charge in [-0.3, -0.25) is 4.79 Å². The van der Waals surface area contributed by atoms with E-state index in [1.807, 2.05) is 48.5 Å². The van der Waals surface area contributed by atoms with Crippen LogP contribution in [-0.2, 0) is 30.3 Å². The molecule has 1 heterocycles. The molecule has 5 atom stereocenters. The number of ether oxygens (including phenoxy) is 4. The van der Waals surface area contributed by atoms with Gasteiger partial charge in [-0.1, -0.05) is 97.1 Å². The van der Waals surface area contributed by atoms with Crippen LogP contribution >= 0.6 is 0 Å². The fourth-order valence-electron chi connectivity index (χ4n) is 6.60. The van der Waals surface area contributed by atoms with E-state index in [9.17, 15) is 9.59 Å². The number of nitrogens with two attached hydrogens (primary N) is 1. The summed E-state index contributed by atoms with van der Waals surface area (Å²) in [6.45, 7) is 1.11. The van der Waals surface area contributed by atoms with Gasteiger partial charge < -0.3 is 24.7 Å². The van der Waals surface area contributed by atoms with Crippen molar-refractivity contribution in [2.75, 3.05) is 13.7 Å². The van der Waals surface area contributed by atoms with Crippen LogP contribution in [0.5, 0.6) is 0 Å². The second kappa shape index (κ2) is 18.3. The lowest BCUT2D eigenvalue weighted by Crippen LogP contribution is -2.37. The Morgan fingerprint density at radius 3 is 2.35 bits per heavy atom. The largest absolute Gasteiger partial charge is 0.469 e. The summed E-state index contributed by atoms with van der Waals surface area (Å²) >= 11 is 0. The molecule has 0 radical (unpaired) electrons. The zero-order valence-corrected chi connectivity index (χ0v) is 27.7. The minimum absolute atomic E-state index is 0.0346. The van der Waals surface area contributed by atoms with Gasteiger partial charge in [0, 0.05) is 25.4 Å². The number of esters is 1. The monoisotopic (exact) mass is 653 g/mol. The number of hydrazone groups is 1. The molecule has 0 aromatic heterocycles. The summed E-state index contributed by atoms with van der Waals surface area (Å²) in [7, 11) is 1.41. The highest BCUT2D eigenvalue weighted by Gasteiger charge is 2.48. The number of urea groups is 1. The first-order valence-electron chi connectivity index (χ1n) is 16.9. The third-order valence-electron chi connectivity index (χ3n) is 9.02. The molecule has 48 heavy (non-hydrogen) atoms. The van der Waals surface area contributed by atoms with Crippen LogP contribution in [0.25, 0.3) is 11.1 Å². The first-order valence-corrected chi connectivity index (χ1v) is 16.9. The van der Waals surface area contributed by atoms with Gasteiger partial charge in [0.25, 0.3) is 0 Å². The van der Waals surface area contributed by atoms with Crippen LogP contribution in [0.4, 0.5) is 4.79 Å². The van der Waals surface area contributed by atoms with Gasteiger partial charge in [0.15, 0.2) is 6.29 Å². The van der Waals surface area contributed by atoms with E-state index >= 15 is 0 Å². The Bertz CT molecular complexity index is 1490. The summed E-state index contributed by atoms with van der Waals surface area (Å²) in [5.41, 5.74) is 13.0. The molecule has 254 valence electrons. The second-order valence-corrected chi connectivity index (χ2v) is 12.3. The number of nitrogens with one attached hydrogen (secondary N) is 1. The normalized spacial score (nSPS) is 22.9. The van der Waals surface area contributed by atoms with E-state index < -0.39 is 6.03 Å². The van der Waals surface area contributed by atoms with Gasteiger partial charge in [-0.25, -0.2) is 10.2 Å². The summed E-state index contributed by atoms with van der Waals surface area (Å²) in [5.74, 6) is -0.470. The first-order chi connectivity index (χ1) is 23.5. The fourth-order valence-corrected chi connectivity index (χ4v) is 6.60. The number of amides is 2. The predicted octanol–water partition coefficient (Wildman–Crippen LogP) is 7.15. The van der Waals surface area contributed by atoms with Crippen LogP contribution in [0.15, 0.2) is 102 Å². The molecule has 1 unspecified atom stereocenters. The molecule has 5 rings (SSSR count). The lowest BCUT2D eigenvalue weighted by Gasteiger charge is -2.31. The van der Waals surface area contributed by atoms with Gasteiger partial charge in [-0.15, -0.1) is 0 Å². The molecule has 0 spiro atoms. The number of hydrogen-bond donors (Lipinski definition) is 2. The van der Waals surface area contributed by atoms with Crippen molar-refractivity contribution in [2.45, 2.75) is 76.5 Å². The molecule has 1 saturated heterocycles. The lowest BCUT2D eigenvalue weighted by molar-refractivity contribution is -0.192.